The van der Waals surface area contributed by atoms with Gasteiger partial charge in [0.05, 0.1) is 30.9 Å². The number of methoxy groups -OCH3 is 1. The van der Waals surface area contributed by atoms with Crippen LogP contribution in [-0.2, 0) is 9.53 Å². The molecule has 1 aromatic heterocycles. The van der Waals surface area contributed by atoms with Gasteiger partial charge in [-0.3, -0.25) is 9.78 Å². The number of hydrogen-bond donors (Lipinski definition) is 0. The van der Waals surface area contributed by atoms with Crippen LogP contribution in [0.15, 0.2) is 12.3 Å². The molecule has 80 valence electrons. The zero-order valence-corrected chi connectivity index (χ0v) is 8.95. The van der Waals surface area contributed by atoms with Crippen LogP contribution in [0, 0.1) is 0 Å². The molecule has 0 spiro atoms. The monoisotopic (exact) mass is 227 g/mol. The first-order valence-corrected chi connectivity index (χ1v) is 4.93. The van der Waals surface area contributed by atoms with Crippen LogP contribution in [-0.4, -0.2) is 24.7 Å². The van der Waals surface area contributed by atoms with Crippen molar-refractivity contribution in [2.75, 3.05) is 13.7 Å². The highest BCUT2D eigenvalue weighted by Crippen LogP contribution is 2.35. The third-order valence-corrected chi connectivity index (χ3v) is 2.52. The molecule has 0 saturated heterocycles. The van der Waals surface area contributed by atoms with Gasteiger partial charge in [0, 0.05) is 18.2 Å². The molecule has 0 fully saturated rings. The molecule has 1 atom stereocenters. The molecule has 1 aliphatic rings. The molecule has 0 radical (unpaired) electrons. The fourth-order valence-corrected chi connectivity index (χ4v) is 1.71. The summed E-state index contributed by atoms with van der Waals surface area (Å²) in [5.74, 6) is 0.384. The summed E-state index contributed by atoms with van der Waals surface area (Å²) in [5.41, 5.74) is 0.782. The second kappa shape index (κ2) is 4.06. The lowest BCUT2D eigenvalue weighted by molar-refractivity contribution is -0.141. The normalized spacial score (nSPS) is 18.1. The SMILES string of the molecule is COC(=O)C[C@@H]1COc2cc(Cl)cnc21. The van der Waals surface area contributed by atoms with E-state index in [1.54, 1.807) is 12.3 Å². The van der Waals surface area contributed by atoms with Gasteiger partial charge in [-0.1, -0.05) is 11.6 Å². The van der Waals surface area contributed by atoms with E-state index in [2.05, 4.69) is 9.72 Å². The largest absolute Gasteiger partial charge is 0.491 e. The Morgan fingerprint density at radius 2 is 2.60 bits per heavy atom. The second-order valence-corrected chi connectivity index (χ2v) is 3.76. The zero-order chi connectivity index (χ0) is 10.8. The number of pyridine rings is 1. The average Bonchev–Trinajstić information content (AvgIpc) is 2.60. The van der Waals surface area contributed by atoms with Gasteiger partial charge in [-0.15, -0.1) is 0 Å². The predicted octanol–water partition coefficient (Wildman–Crippen LogP) is 1.77. The number of rotatable bonds is 2. The standard InChI is InChI=1S/C10H10ClNO3/c1-14-9(13)2-6-5-15-8-3-7(11)4-12-10(6)8/h3-4,6H,2,5H2,1H3/t6-/m1/s1. The highest BCUT2D eigenvalue weighted by atomic mass is 35.5. The lowest BCUT2D eigenvalue weighted by atomic mass is 10.0. The summed E-state index contributed by atoms with van der Waals surface area (Å²) in [5, 5.41) is 0.535. The first kappa shape index (κ1) is 10.2. The van der Waals surface area contributed by atoms with Gasteiger partial charge in [0.2, 0.25) is 0 Å². The molecule has 0 bridgehead atoms. The fourth-order valence-electron chi connectivity index (χ4n) is 1.56. The van der Waals surface area contributed by atoms with Gasteiger partial charge in [-0.05, 0) is 0 Å². The number of nitrogens with zero attached hydrogens (tertiary/aromatic N) is 1. The Morgan fingerprint density at radius 3 is 3.33 bits per heavy atom. The number of carbonyl (C=O) groups excluding carboxylic acids is 1. The third kappa shape index (κ3) is 2.04. The van der Waals surface area contributed by atoms with Crippen LogP contribution in [0.1, 0.15) is 18.0 Å². The van der Waals surface area contributed by atoms with Crippen molar-refractivity contribution in [3.63, 3.8) is 0 Å². The van der Waals surface area contributed by atoms with Crippen molar-refractivity contribution in [1.29, 1.82) is 0 Å². The zero-order valence-electron chi connectivity index (χ0n) is 8.20. The molecular formula is C10H10ClNO3. The number of fused-ring (bicyclic) bond motifs is 1. The van der Waals surface area contributed by atoms with E-state index in [1.807, 2.05) is 0 Å². The Balaban J connectivity index is 2.18. The highest BCUT2D eigenvalue weighted by molar-refractivity contribution is 6.30. The van der Waals surface area contributed by atoms with Crippen molar-refractivity contribution in [3.8, 4) is 5.75 Å². The smallest absolute Gasteiger partial charge is 0.306 e. The molecule has 0 aliphatic carbocycles. The molecule has 0 amide bonds. The van der Waals surface area contributed by atoms with Gasteiger partial charge < -0.3 is 9.47 Å². The molecule has 0 unspecified atom stereocenters. The number of halogens is 1. The Hall–Kier alpha value is -1.29. The molecule has 0 N–H and O–H groups in total. The van der Waals surface area contributed by atoms with Gasteiger partial charge in [-0.2, -0.15) is 0 Å². The van der Waals surface area contributed by atoms with E-state index in [0.717, 1.165) is 5.69 Å². The van der Waals surface area contributed by atoms with Crippen LogP contribution < -0.4 is 4.74 Å². The number of esters is 1. The first-order chi connectivity index (χ1) is 7.20. The van der Waals surface area contributed by atoms with Gasteiger partial charge in [-0.25, -0.2) is 0 Å². The summed E-state index contributed by atoms with van der Waals surface area (Å²) in [7, 11) is 1.37. The van der Waals surface area contributed by atoms with Crippen molar-refractivity contribution >= 4 is 17.6 Å². The maximum absolute atomic E-state index is 11.1. The molecule has 4 nitrogen and oxygen atoms in total. The van der Waals surface area contributed by atoms with E-state index < -0.39 is 0 Å². The van der Waals surface area contributed by atoms with E-state index in [-0.39, 0.29) is 18.3 Å². The van der Waals surface area contributed by atoms with Crippen LogP contribution in [0.25, 0.3) is 0 Å². The van der Waals surface area contributed by atoms with E-state index in [9.17, 15) is 4.79 Å². The summed E-state index contributed by atoms with van der Waals surface area (Å²) in [6.45, 7) is 0.456. The summed E-state index contributed by atoms with van der Waals surface area (Å²) >= 11 is 5.77. The maximum atomic E-state index is 11.1. The second-order valence-electron chi connectivity index (χ2n) is 3.33. The average molecular weight is 228 g/mol. The Labute approximate surface area is 92.2 Å². The van der Waals surface area contributed by atoms with E-state index in [4.69, 9.17) is 16.3 Å². The van der Waals surface area contributed by atoms with E-state index in [1.165, 1.54) is 7.11 Å². The van der Waals surface area contributed by atoms with Gasteiger partial charge in [0.1, 0.15) is 5.75 Å². The Bertz CT molecular complexity index is 394. The van der Waals surface area contributed by atoms with Crippen molar-refractivity contribution in [2.45, 2.75) is 12.3 Å². The number of carbonyl (C=O) groups is 1. The van der Waals surface area contributed by atoms with Crippen molar-refractivity contribution in [3.05, 3.63) is 23.0 Å². The summed E-state index contributed by atoms with van der Waals surface area (Å²) < 4.78 is 9.99. The lowest BCUT2D eigenvalue weighted by Crippen LogP contribution is -2.10. The van der Waals surface area contributed by atoms with E-state index >= 15 is 0 Å². The molecule has 1 aromatic rings. The van der Waals surface area contributed by atoms with Crippen LogP contribution in [0.5, 0.6) is 5.75 Å². The van der Waals surface area contributed by atoms with Gasteiger partial charge >= 0.3 is 5.97 Å². The molecule has 2 heterocycles. The molecule has 5 heteroatoms. The van der Waals surface area contributed by atoms with Crippen molar-refractivity contribution in [2.24, 2.45) is 0 Å². The maximum Gasteiger partial charge on any atom is 0.306 e. The number of aromatic nitrogens is 1. The van der Waals surface area contributed by atoms with E-state index in [0.29, 0.717) is 17.4 Å². The minimum atomic E-state index is -0.256. The molecule has 15 heavy (non-hydrogen) atoms. The quantitative estimate of drug-likeness (QED) is 0.723. The topological polar surface area (TPSA) is 48.4 Å². The van der Waals surface area contributed by atoms with Gasteiger partial charge in [0.15, 0.2) is 0 Å². The third-order valence-electron chi connectivity index (χ3n) is 2.32. The molecule has 0 aromatic carbocycles. The van der Waals surface area contributed by atoms with Crippen LogP contribution in [0.3, 0.4) is 0 Å². The van der Waals surface area contributed by atoms with Crippen LogP contribution >= 0.6 is 11.6 Å². The van der Waals surface area contributed by atoms with Crippen molar-refractivity contribution in [1.82, 2.24) is 4.98 Å². The molecule has 1 aliphatic heterocycles. The van der Waals surface area contributed by atoms with Crippen molar-refractivity contribution < 1.29 is 14.3 Å². The van der Waals surface area contributed by atoms with Crippen LogP contribution in [0.2, 0.25) is 5.02 Å². The Morgan fingerprint density at radius 1 is 1.80 bits per heavy atom. The summed E-state index contributed by atoms with van der Waals surface area (Å²) in [6.07, 6.45) is 1.84. The Kier molecular flexibility index (Phi) is 2.77. The molecular weight excluding hydrogens is 218 g/mol. The molecule has 2 rings (SSSR count). The minimum Gasteiger partial charge on any atom is -0.491 e. The summed E-state index contributed by atoms with van der Waals surface area (Å²) in [4.78, 5) is 15.3. The number of ether oxygens (including phenoxy) is 2. The fraction of sp³-hybridized carbons (Fsp3) is 0.400. The lowest BCUT2D eigenvalue weighted by Gasteiger charge is -2.05. The number of hydrogen-bond acceptors (Lipinski definition) is 4. The van der Waals surface area contributed by atoms with Gasteiger partial charge in [0.25, 0.3) is 0 Å². The van der Waals surface area contributed by atoms with Crippen LogP contribution in [0.4, 0.5) is 0 Å². The highest BCUT2D eigenvalue weighted by Gasteiger charge is 2.28. The first-order valence-electron chi connectivity index (χ1n) is 4.55. The minimum absolute atomic E-state index is 0.0234. The predicted molar refractivity (Wildman–Crippen MR) is 54.1 cm³/mol. The molecule has 0 saturated carbocycles. The summed E-state index contributed by atoms with van der Waals surface area (Å²) in [6, 6.07) is 1.71.